The lowest BCUT2D eigenvalue weighted by atomic mass is 10.2. The molecule has 58 valence electrons. The highest BCUT2D eigenvalue weighted by Gasteiger charge is 1.97. The average Bonchev–Trinajstić information content (AvgIpc) is 2.00. The summed E-state index contributed by atoms with van der Waals surface area (Å²) in [6, 6.07) is 0. The van der Waals surface area contributed by atoms with Gasteiger partial charge in [0.15, 0.2) is 0 Å². The smallest absolute Gasteiger partial charge is 0.0714 e. The van der Waals surface area contributed by atoms with Gasteiger partial charge in [0.25, 0.3) is 0 Å². The fourth-order valence-corrected chi connectivity index (χ4v) is 0.526. The first-order valence-electron chi connectivity index (χ1n) is 3.21. The number of nitrogens with zero attached hydrogens (tertiary/aromatic N) is 1. The minimum atomic E-state index is 0.727. The summed E-state index contributed by atoms with van der Waals surface area (Å²) in [4.78, 5) is 3.95. The topological polar surface area (TPSA) is 50.4 Å². The van der Waals surface area contributed by atoms with Gasteiger partial charge in [-0.15, -0.1) is 0 Å². The number of allylic oxidation sites excluding steroid dienone is 2. The van der Waals surface area contributed by atoms with Crippen molar-refractivity contribution in [3.05, 3.63) is 11.4 Å². The van der Waals surface area contributed by atoms with E-state index in [1.807, 2.05) is 20.9 Å². The van der Waals surface area contributed by atoms with E-state index in [2.05, 4.69) is 10.3 Å². The molecule has 0 aromatic carbocycles. The highest BCUT2D eigenvalue weighted by Crippen LogP contribution is 1.94. The molecule has 10 heavy (non-hydrogen) atoms. The largest absolute Gasteiger partial charge is 0.396 e. The monoisotopic (exact) mass is 141 g/mol. The van der Waals surface area contributed by atoms with Crippen LogP contribution in [-0.4, -0.2) is 19.8 Å². The van der Waals surface area contributed by atoms with Crippen molar-refractivity contribution in [3.63, 3.8) is 0 Å². The summed E-state index contributed by atoms with van der Waals surface area (Å²) in [5.74, 6) is 0. The second kappa shape index (κ2) is 3.93. The molecule has 0 saturated carbocycles. The van der Waals surface area contributed by atoms with Crippen molar-refractivity contribution in [3.8, 4) is 0 Å². The van der Waals surface area contributed by atoms with Gasteiger partial charge >= 0.3 is 0 Å². The second-order valence-electron chi connectivity index (χ2n) is 2.10. The van der Waals surface area contributed by atoms with Crippen LogP contribution in [0.1, 0.15) is 13.8 Å². The van der Waals surface area contributed by atoms with E-state index in [1.165, 1.54) is 0 Å². The molecule has 0 fully saturated rings. The first-order chi connectivity index (χ1) is 4.63. The Morgan fingerprint density at radius 3 is 2.20 bits per heavy atom. The van der Waals surface area contributed by atoms with Gasteiger partial charge in [0.05, 0.1) is 11.4 Å². The first-order valence-corrected chi connectivity index (χ1v) is 3.21. The summed E-state index contributed by atoms with van der Waals surface area (Å²) in [6.07, 6.45) is 0. The summed E-state index contributed by atoms with van der Waals surface area (Å²) >= 11 is 0. The fourth-order valence-electron chi connectivity index (χ4n) is 0.526. The van der Waals surface area contributed by atoms with Gasteiger partial charge in [-0.05, 0) is 13.8 Å². The molecule has 3 N–H and O–H groups in total. The average molecular weight is 141 g/mol. The third-order valence-corrected chi connectivity index (χ3v) is 1.50. The normalized spacial score (nSPS) is 14.6. The first kappa shape index (κ1) is 9.01. The molecule has 3 nitrogen and oxygen atoms in total. The molecule has 0 aliphatic heterocycles. The molecule has 0 saturated heterocycles. The van der Waals surface area contributed by atoms with Gasteiger partial charge in [-0.3, -0.25) is 4.99 Å². The Labute approximate surface area is 62.0 Å². The minimum absolute atomic E-state index is 0.727. The Morgan fingerprint density at radius 1 is 1.40 bits per heavy atom. The van der Waals surface area contributed by atoms with Crippen LogP contribution in [-0.2, 0) is 0 Å². The zero-order valence-corrected chi connectivity index (χ0v) is 7.02. The van der Waals surface area contributed by atoms with Gasteiger partial charge < -0.3 is 11.1 Å². The zero-order chi connectivity index (χ0) is 8.15. The summed E-state index contributed by atoms with van der Waals surface area (Å²) in [5, 5.41) is 2.95. The van der Waals surface area contributed by atoms with Crippen molar-refractivity contribution in [2.24, 2.45) is 10.7 Å². The van der Waals surface area contributed by atoms with Gasteiger partial charge in [-0.1, -0.05) is 0 Å². The molecule has 0 aliphatic carbocycles. The molecular weight excluding hydrogens is 126 g/mol. The molecule has 3 heteroatoms. The molecule has 0 bridgehead atoms. The number of rotatable bonds is 2. The van der Waals surface area contributed by atoms with E-state index in [0.717, 1.165) is 17.1 Å². The quantitative estimate of drug-likeness (QED) is 0.550. The molecule has 0 amide bonds. The third kappa shape index (κ3) is 2.09. The molecular formula is C7H15N3. The van der Waals surface area contributed by atoms with E-state index in [4.69, 9.17) is 5.73 Å². The van der Waals surface area contributed by atoms with Crippen molar-refractivity contribution in [2.45, 2.75) is 13.8 Å². The maximum absolute atomic E-state index is 5.67. The molecule has 0 aromatic heterocycles. The van der Waals surface area contributed by atoms with Gasteiger partial charge in [0, 0.05) is 19.8 Å². The molecule has 0 radical (unpaired) electrons. The number of hydrogen-bond donors (Lipinski definition) is 2. The second-order valence-corrected chi connectivity index (χ2v) is 2.10. The van der Waals surface area contributed by atoms with E-state index in [1.54, 1.807) is 7.05 Å². The summed E-state index contributed by atoms with van der Waals surface area (Å²) in [5.41, 5.74) is 8.22. The van der Waals surface area contributed by atoms with Gasteiger partial charge in [0.1, 0.15) is 0 Å². The SMILES string of the molecule is C/N=C(C)\C(N)=C(\C)NC. The number of nitrogens with one attached hydrogen (secondary N) is 1. The highest BCUT2D eigenvalue weighted by atomic mass is 14.9. The summed E-state index contributed by atoms with van der Waals surface area (Å²) in [6.45, 7) is 3.81. The molecule has 0 heterocycles. The van der Waals surface area contributed by atoms with Gasteiger partial charge in [-0.2, -0.15) is 0 Å². The standard InChI is InChI=1S/C7H15N3/c1-5(9-3)7(8)6(2)10-4/h9H,8H2,1-4H3/b7-5+,10-6-. The van der Waals surface area contributed by atoms with Crippen molar-refractivity contribution >= 4 is 5.71 Å². The van der Waals surface area contributed by atoms with Crippen LogP contribution in [0.15, 0.2) is 16.4 Å². The fraction of sp³-hybridized carbons (Fsp3) is 0.571. The maximum atomic E-state index is 5.67. The van der Waals surface area contributed by atoms with Gasteiger partial charge in [0.2, 0.25) is 0 Å². The molecule has 0 aromatic rings. The van der Waals surface area contributed by atoms with E-state index in [-0.39, 0.29) is 0 Å². The van der Waals surface area contributed by atoms with Crippen molar-refractivity contribution in [1.29, 1.82) is 0 Å². The predicted octanol–water partition coefficient (Wildman–Crippen LogP) is 0.487. The molecule has 0 atom stereocenters. The number of aliphatic imine (C=N–C) groups is 1. The third-order valence-electron chi connectivity index (χ3n) is 1.50. The van der Waals surface area contributed by atoms with Crippen molar-refractivity contribution < 1.29 is 0 Å². The zero-order valence-electron chi connectivity index (χ0n) is 7.02. The minimum Gasteiger partial charge on any atom is -0.396 e. The Kier molecular flexibility index (Phi) is 3.54. The van der Waals surface area contributed by atoms with Crippen molar-refractivity contribution in [2.75, 3.05) is 14.1 Å². The van der Waals surface area contributed by atoms with Crippen LogP contribution in [0, 0.1) is 0 Å². The van der Waals surface area contributed by atoms with Crippen LogP contribution >= 0.6 is 0 Å². The lowest BCUT2D eigenvalue weighted by Gasteiger charge is -2.04. The van der Waals surface area contributed by atoms with E-state index in [0.29, 0.717) is 0 Å². The summed E-state index contributed by atoms with van der Waals surface area (Å²) < 4.78 is 0. The van der Waals surface area contributed by atoms with Crippen LogP contribution in [0.5, 0.6) is 0 Å². The van der Waals surface area contributed by atoms with Crippen LogP contribution in [0.3, 0.4) is 0 Å². The maximum Gasteiger partial charge on any atom is 0.0714 e. The van der Waals surface area contributed by atoms with Crippen LogP contribution in [0.4, 0.5) is 0 Å². The van der Waals surface area contributed by atoms with Crippen LogP contribution < -0.4 is 11.1 Å². The van der Waals surface area contributed by atoms with Crippen LogP contribution in [0.2, 0.25) is 0 Å². The Balaban J connectivity index is 4.46. The molecule has 0 spiro atoms. The van der Waals surface area contributed by atoms with Crippen LogP contribution in [0.25, 0.3) is 0 Å². The van der Waals surface area contributed by atoms with Gasteiger partial charge in [-0.25, -0.2) is 0 Å². The summed E-state index contributed by atoms with van der Waals surface area (Å²) in [7, 11) is 3.57. The number of hydrogen-bond acceptors (Lipinski definition) is 3. The molecule has 0 unspecified atom stereocenters. The van der Waals surface area contributed by atoms with E-state index in [9.17, 15) is 0 Å². The molecule has 0 rings (SSSR count). The Morgan fingerprint density at radius 2 is 1.90 bits per heavy atom. The van der Waals surface area contributed by atoms with E-state index >= 15 is 0 Å². The lowest BCUT2D eigenvalue weighted by Crippen LogP contribution is -2.16. The number of nitrogens with two attached hydrogens (primary N) is 1. The van der Waals surface area contributed by atoms with E-state index < -0.39 is 0 Å². The Bertz CT molecular complexity index is 168. The Hall–Kier alpha value is -0.990. The lowest BCUT2D eigenvalue weighted by molar-refractivity contribution is 0.967. The molecule has 0 aliphatic rings. The highest BCUT2D eigenvalue weighted by molar-refractivity contribution is 5.97. The predicted molar refractivity (Wildman–Crippen MR) is 45.0 cm³/mol. The van der Waals surface area contributed by atoms with Crippen molar-refractivity contribution in [1.82, 2.24) is 5.32 Å².